The van der Waals surface area contributed by atoms with Crippen LogP contribution in [0.25, 0.3) is 0 Å². The summed E-state index contributed by atoms with van der Waals surface area (Å²) in [7, 11) is 2.18. The van der Waals surface area contributed by atoms with E-state index < -0.39 is 0 Å². The van der Waals surface area contributed by atoms with Gasteiger partial charge in [0.25, 0.3) is 5.91 Å². The number of aromatic nitrogens is 1. The zero-order valence-electron chi connectivity index (χ0n) is 12.6. The third-order valence-electron chi connectivity index (χ3n) is 5.26. The molecule has 0 aromatic carbocycles. The lowest BCUT2D eigenvalue weighted by Gasteiger charge is -2.46. The van der Waals surface area contributed by atoms with Crippen LogP contribution in [-0.2, 0) is 0 Å². The molecule has 0 spiro atoms. The molecular weight excluding hydrogens is 266 g/mol. The van der Waals surface area contributed by atoms with Gasteiger partial charge in [-0.3, -0.25) is 4.79 Å². The normalized spacial score (nSPS) is 30.2. The zero-order chi connectivity index (χ0) is 14.4. The van der Waals surface area contributed by atoms with E-state index in [-0.39, 0.29) is 5.91 Å². The fourth-order valence-electron chi connectivity index (χ4n) is 3.93. The Hall–Kier alpha value is -1.36. The molecule has 0 bridgehead atoms. The summed E-state index contributed by atoms with van der Waals surface area (Å²) in [5.41, 5.74) is 0.511. The van der Waals surface area contributed by atoms with Crippen molar-refractivity contribution in [2.75, 3.05) is 26.7 Å². The maximum Gasteiger partial charge on any atom is 0.276 e. The summed E-state index contributed by atoms with van der Waals surface area (Å²) >= 11 is 0. The van der Waals surface area contributed by atoms with Crippen LogP contribution >= 0.6 is 0 Å². The topological polar surface area (TPSA) is 49.6 Å². The SMILES string of the molecule is CN1CCC2C(CCCN2C(=O)c2cc(C3CC3)on2)C1. The number of hydrogen-bond acceptors (Lipinski definition) is 4. The smallest absolute Gasteiger partial charge is 0.276 e. The fraction of sp³-hybridized carbons (Fsp3) is 0.750. The number of carbonyl (C=O) groups excluding carboxylic acids is 1. The molecule has 1 aromatic rings. The van der Waals surface area contributed by atoms with Crippen molar-refractivity contribution < 1.29 is 9.32 Å². The number of fused-ring (bicyclic) bond motifs is 1. The predicted molar refractivity (Wildman–Crippen MR) is 78.1 cm³/mol. The molecule has 5 heteroatoms. The Kier molecular flexibility index (Phi) is 3.25. The van der Waals surface area contributed by atoms with Gasteiger partial charge >= 0.3 is 0 Å². The Labute approximate surface area is 125 Å². The van der Waals surface area contributed by atoms with Gasteiger partial charge in [0, 0.05) is 31.1 Å². The second-order valence-electron chi connectivity index (χ2n) is 6.91. The number of carbonyl (C=O) groups is 1. The van der Waals surface area contributed by atoms with Crippen molar-refractivity contribution in [2.45, 2.75) is 44.1 Å². The van der Waals surface area contributed by atoms with Gasteiger partial charge in [-0.25, -0.2) is 0 Å². The Morgan fingerprint density at radius 3 is 2.95 bits per heavy atom. The first-order valence-electron chi connectivity index (χ1n) is 8.18. The molecule has 0 N–H and O–H groups in total. The Morgan fingerprint density at radius 1 is 1.29 bits per heavy atom. The van der Waals surface area contributed by atoms with Crippen LogP contribution in [0.2, 0.25) is 0 Å². The van der Waals surface area contributed by atoms with E-state index in [0.29, 0.717) is 23.6 Å². The molecule has 3 fully saturated rings. The van der Waals surface area contributed by atoms with Crippen molar-refractivity contribution in [3.63, 3.8) is 0 Å². The lowest BCUT2D eigenvalue weighted by molar-refractivity contribution is 0.0246. The second kappa shape index (κ2) is 5.13. The number of likely N-dealkylation sites (tertiary alicyclic amines) is 2. The molecule has 1 saturated carbocycles. The first-order valence-corrected chi connectivity index (χ1v) is 8.18. The van der Waals surface area contributed by atoms with E-state index in [1.54, 1.807) is 0 Å². The van der Waals surface area contributed by atoms with Gasteiger partial charge in [-0.2, -0.15) is 0 Å². The van der Waals surface area contributed by atoms with E-state index in [0.717, 1.165) is 38.2 Å². The van der Waals surface area contributed by atoms with Gasteiger partial charge in [0.1, 0.15) is 5.76 Å². The summed E-state index contributed by atoms with van der Waals surface area (Å²) in [5, 5.41) is 4.03. The molecule has 2 aliphatic heterocycles. The van der Waals surface area contributed by atoms with Crippen LogP contribution in [-0.4, -0.2) is 53.6 Å². The van der Waals surface area contributed by atoms with E-state index in [9.17, 15) is 4.79 Å². The van der Waals surface area contributed by atoms with E-state index in [2.05, 4.69) is 22.0 Å². The third-order valence-corrected chi connectivity index (χ3v) is 5.26. The predicted octanol–water partition coefficient (Wildman–Crippen LogP) is 2.11. The van der Waals surface area contributed by atoms with Gasteiger partial charge < -0.3 is 14.3 Å². The van der Waals surface area contributed by atoms with Gasteiger partial charge in [-0.05, 0) is 51.6 Å². The van der Waals surface area contributed by atoms with Gasteiger partial charge in [-0.1, -0.05) is 5.16 Å². The van der Waals surface area contributed by atoms with Crippen LogP contribution in [0, 0.1) is 5.92 Å². The highest BCUT2D eigenvalue weighted by atomic mass is 16.5. The highest BCUT2D eigenvalue weighted by Gasteiger charge is 2.38. The molecule has 3 aliphatic rings. The standard InChI is InChI=1S/C16H23N3O2/c1-18-8-6-14-12(10-18)3-2-7-19(14)16(20)13-9-15(21-17-13)11-4-5-11/h9,11-12,14H,2-8,10H2,1H3. The summed E-state index contributed by atoms with van der Waals surface area (Å²) in [4.78, 5) is 17.2. The maximum atomic E-state index is 12.8. The molecule has 5 nitrogen and oxygen atoms in total. The van der Waals surface area contributed by atoms with Gasteiger partial charge in [0.05, 0.1) is 0 Å². The number of rotatable bonds is 2. The molecule has 2 saturated heterocycles. The average Bonchev–Trinajstić information content (AvgIpc) is 3.23. The minimum Gasteiger partial charge on any atom is -0.360 e. The van der Waals surface area contributed by atoms with Crippen molar-refractivity contribution in [2.24, 2.45) is 5.92 Å². The fourth-order valence-corrected chi connectivity index (χ4v) is 3.93. The number of amides is 1. The van der Waals surface area contributed by atoms with Crippen molar-refractivity contribution in [1.82, 2.24) is 15.0 Å². The van der Waals surface area contributed by atoms with Crippen LogP contribution in [0.5, 0.6) is 0 Å². The summed E-state index contributed by atoms with van der Waals surface area (Å²) in [6.07, 6.45) is 5.77. The molecule has 2 atom stereocenters. The van der Waals surface area contributed by atoms with E-state index in [1.807, 2.05) is 6.07 Å². The lowest BCUT2D eigenvalue weighted by Crippen LogP contribution is -2.55. The highest BCUT2D eigenvalue weighted by Crippen LogP contribution is 2.40. The van der Waals surface area contributed by atoms with Gasteiger partial charge in [-0.15, -0.1) is 0 Å². The maximum absolute atomic E-state index is 12.8. The van der Waals surface area contributed by atoms with Crippen molar-refractivity contribution in [1.29, 1.82) is 0 Å². The van der Waals surface area contributed by atoms with Crippen molar-refractivity contribution in [3.8, 4) is 0 Å². The van der Waals surface area contributed by atoms with Crippen LogP contribution in [0.1, 0.15) is 54.3 Å². The van der Waals surface area contributed by atoms with Gasteiger partial charge in [0.2, 0.25) is 0 Å². The molecule has 21 heavy (non-hydrogen) atoms. The first-order chi connectivity index (χ1) is 10.2. The minimum atomic E-state index is 0.0740. The molecular formula is C16H23N3O2. The molecule has 1 aliphatic carbocycles. The van der Waals surface area contributed by atoms with E-state index >= 15 is 0 Å². The third kappa shape index (κ3) is 2.48. The first kappa shape index (κ1) is 13.3. The second-order valence-corrected chi connectivity index (χ2v) is 6.91. The Balaban J connectivity index is 1.51. The number of nitrogens with zero attached hydrogens (tertiary/aromatic N) is 3. The van der Waals surface area contributed by atoms with Crippen LogP contribution < -0.4 is 0 Å². The molecule has 4 rings (SSSR count). The summed E-state index contributed by atoms with van der Waals surface area (Å²) in [5.74, 6) is 2.10. The molecule has 0 radical (unpaired) electrons. The summed E-state index contributed by atoms with van der Waals surface area (Å²) in [6.45, 7) is 3.06. The Bertz CT molecular complexity index is 537. The molecule has 2 unspecified atom stereocenters. The van der Waals surface area contributed by atoms with Gasteiger partial charge in [0.15, 0.2) is 5.69 Å². The number of piperidine rings is 2. The summed E-state index contributed by atoms with van der Waals surface area (Å²) in [6, 6.07) is 2.27. The molecule has 3 heterocycles. The van der Waals surface area contributed by atoms with Crippen LogP contribution in [0.3, 0.4) is 0 Å². The van der Waals surface area contributed by atoms with E-state index in [4.69, 9.17) is 4.52 Å². The largest absolute Gasteiger partial charge is 0.360 e. The van der Waals surface area contributed by atoms with E-state index in [1.165, 1.54) is 19.3 Å². The summed E-state index contributed by atoms with van der Waals surface area (Å²) < 4.78 is 5.35. The monoisotopic (exact) mass is 289 g/mol. The average molecular weight is 289 g/mol. The van der Waals surface area contributed by atoms with Crippen LogP contribution in [0.15, 0.2) is 10.6 Å². The lowest BCUT2D eigenvalue weighted by atomic mass is 9.84. The molecule has 114 valence electrons. The molecule has 1 aromatic heterocycles. The van der Waals surface area contributed by atoms with Crippen molar-refractivity contribution >= 4 is 5.91 Å². The molecule has 1 amide bonds. The highest BCUT2D eigenvalue weighted by molar-refractivity contribution is 5.92. The van der Waals surface area contributed by atoms with Crippen LogP contribution in [0.4, 0.5) is 0 Å². The Morgan fingerprint density at radius 2 is 2.14 bits per heavy atom. The van der Waals surface area contributed by atoms with Crippen molar-refractivity contribution in [3.05, 3.63) is 17.5 Å². The number of hydrogen-bond donors (Lipinski definition) is 0. The minimum absolute atomic E-state index is 0.0740. The zero-order valence-corrected chi connectivity index (χ0v) is 12.6. The quantitative estimate of drug-likeness (QED) is 0.836.